The van der Waals surface area contributed by atoms with E-state index < -0.39 is 126 Å². The number of anilines is 1. The number of carbonyl (C=O) groups is 3. The largest absolute Gasteiger partial charge is 0.472 e. The zero-order chi connectivity index (χ0) is 72.9. The first-order chi connectivity index (χ1) is 49.4. The molecule has 5 saturated heterocycles. The summed E-state index contributed by atoms with van der Waals surface area (Å²) < 4.78 is 90.1. The first-order valence-corrected chi connectivity index (χ1v) is 36.2. The molecule has 7 aromatic rings. The summed E-state index contributed by atoms with van der Waals surface area (Å²) >= 11 is 0. The third kappa shape index (κ3) is 17.6. The van der Waals surface area contributed by atoms with Crippen LogP contribution in [0.25, 0.3) is 33.3 Å². The van der Waals surface area contributed by atoms with E-state index in [-0.39, 0.29) is 80.0 Å². The number of nitrogens with one attached hydrogen (secondary N) is 3. The maximum atomic E-state index is 14.3. The number of benzene rings is 3. The first-order valence-electron chi connectivity index (χ1n) is 33.2. The van der Waals surface area contributed by atoms with E-state index in [1.54, 1.807) is 42.0 Å². The highest BCUT2D eigenvalue weighted by Gasteiger charge is 2.47. The lowest BCUT2D eigenvalue weighted by Crippen LogP contribution is -2.42. The van der Waals surface area contributed by atoms with Crippen LogP contribution in [0.15, 0.2) is 123 Å². The van der Waals surface area contributed by atoms with Crippen LogP contribution in [-0.2, 0) is 76.6 Å². The van der Waals surface area contributed by atoms with Crippen molar-refractivity contribution < 1.29 is 84.9 Å². The Morgan fingerprint density at radius 2 is 1.24 bits per heavy atom. The number of ether oxygens (including phenoxy) is 6. The molecule has 3 aromatic carbocycles. The molecule has 0 saturated carbocycles. The number of nitrogens with two attached hydrogens (primary N) is 1. The highest BCUT2D eigenvalue weighted by molar-refractivity contribution is 7.47. The fourth-order valence-corrected chi connectivity index (χ4v) is 14.7. The molecular formula is C67H78N12O22P2. The average Bonchev–Trinajstić information content (AvgIpc) is 1.62. The molecule has 548 valence electrons. The molecule has 12 rings (SSSR count). The Kier molecular flexibility index (Phi) is 23.1. The van der Waals surface area contributed by atoms with Crippen LogP contribution >= 0.6 is 15.6 Å². The van der Waals surface area contributed by atoms with Gasteiger partial charge in [0.25, 0.3) is 11.1 Å². The molecule has 5 fully saturated rings. The standard InChI is InChI=1S/C67H78N12O22P2/c1-5-53(81)69-23-9-12-44-32-78(66(86)72-62(44)84)55-29-48(51(96-55)35-92-4)100-103(90,91)94-37-52-49(30-56(97-52)79-34-46(63(85)73-67(79)87)41-15-19-42(20-16-41)64-75(27-26-74(2)3)24-21-57(82)98-64)101-102(88,89)93-36-50-47(80)28-54(95-50)77-33-45(59-60(68)70-38-71-61(59)77)40-13-17-43(18-14-40)65-76(25-22-58(83)99-65)31-39-10-7-6-8-11-39/h6-8,10-11,13-20,32-34,38,47-52,54-56,64-65,80H,5,21-31,35-37H2,1-4H3,(H,69,81)(H,88,89)(H,90,91)(H2,68,70,71)(H,72,84,86)(H,73,85,87)/t47-,48-,49-,50+,51+,52+,54+,55+,56+,64?,65?/m0/s1. The number of rotatable bonds is 26. The van der Waals surface area contributed by atoms with Crippen molar-refractivity contribution in [3.05, 3.63) is 168 Å². The molecule has 9 heterocycles. The molecule has 103 heavy (non-hydrogen) atoms. The molecule has 0 aliphatic carbocycles. The number of phosphoric ester groups is 2. The van der Waals surface area contributed by atoms with Crippen molar-refractivity contribution in [1.29, 1.82) is 0 Å². The van der Waals surface area contributed by atoms with Crippen LogP contribution in [0.2, 0.25) is 0 Å². The van der Waals surface area contributed by atoms with E-state index in [0.717, 1.165) is 26.5 Å². The molecule has 1 amide bonds. The SMILES string of the molecule is CCC(=O)NCC#Cc1cn([C@H]2C[C@H](OP(=O)(O)OC[C@H]3O[C@@H](n4cc(-c5ccc(C6OC(=O)CCN6CCN(C)C)cc5)c(=O)[nH]c4=O)C[C@@H]3OP(=O)(O)OC[C@H]3O[C@@H](n4cc(-c5ccc(C6OC(=O)CCN6Cc6ccccc6)cc5)c5c(N)ncnc54)C[C@@H]3O)[C@@H](COC)O2)c(=O)[nH]c1=O. The number of esters is 2. The third-order valence-corrected chi connectivity index (χ3v) is 20.1. The summed E-state index contributed by atoms with van der Waals surface area (Å²) in [5, 5.41) is 14.5. The number of nitrogens with zero attached hydrogens (tertiary/aromatic N) is 8. The van der Waals surface area contributed by atoms with Gasteiger partial charge in [-0.15, -0.1) is 0 Å². The van der Waals surface area contributed by atoms with E-state index >= 15 is 0 Å². The number of aliphatic hydroxyl groups excluding tert-OH is 1. The number of aromatic nitrogens is 7. The highest BCUT2D eigenvalue weighted by atomic mass is 31.2. The van der Waals surface area contributed by atoms with Gasteiger partial charge < -0.3 is 63.8 Å². The second-order valence-corrected chi connectivity index (χ2v) is 28.2. The minimum absolute atomic E-state index is 0.0338. The predicted molar refractivity (Wildman–Crippen MR) is 364 cm³/mol. The summed E-state index contributed by atoms with van der Waals surface area (Å²) in [6.07, 6.45) is -8.16. The average molecular weight is 1470 g/mol. The normalized spacial score (nSPS) is 25.1. The van der Waals surface area contributed by atoms with Crippen molar-refractivity contribution in [1.82, 2.24) is 53.7 Å². The lowest BCUT2D eigenvalue weighted by molar-refractivity contribution is -0.172. The van der Waals surface area contributed by atoms with Crippen molar-refractivity contribution in [2.45, 2.75) is 120 Å². The summed E-state index contributed by atoms with van der Waals surface area (Å²) in [7, 11) is -5.43. The Hall–Kier alpha value is -8.69. The summed E-state index contributed by atoms with van der Waals surface area (Å²) in [5.74, 6) is 4.41. The molecule has 5 aliphatic heterocycles. The first kappa shape index (κ1) is 74.0. The van der Waals surface area contributed by atoms with Crippen LogP contribution in [-0.4, -0.2) is 191 Å². The Bertz CT molecular complexity index is 4660. The number of H-pyrrole nitrogens is 2. The number of aromatic amines is 2. The van der Waals surface area contributed by atoms with E-state index in [1.165, 1.54) is 19.6 Å². The van der Waals surface area contributed by atoms with Gasteiger partial charge in [-0.3, -0.25) is 71.0 Å². The van der Waals surface area contributed by atoms with Crippen molar-refractivity contribution in [3.63, 3.8) is 0 Å². The van der Waals surface area contributed by atoms with Gasteiger partial charge in [0.2, 0.25) is 5.91 Å². The van der Waals surface area contributed by atoms with Gasteiger partial charge in [-0.05, 0) is 30.8 Å². The number of fused-ring (bicyclic) bond motifs is 1. The lowest BCUT2D eigenvalue weighted by Gasteiger charge is -2.35. The molecule has 4 aromatic heterocycles. The molecule has 8 N–H and O–H groups in total. The van der Waals surface area contributed by atoms with Gasteiger partial charge >= 0.3 is 39.0 Å². The van der Waals surface area contributed by atoms with Crippen LogP contribution in [0.5, 0.6) is 0 Å². The minimum Gasteiger partial charge on any atom is -0.442 e. The van der Waals surface area contributed by atoms with Gasteiger partial charge in [-0.25, -0.2) is 28.7 Å². The number of amides is 1. The fourth-order valence-electron chi connectivity index (χ4n) is 12.8. The third-order valence-electron chi connectivity index (χ3n) is 18.1. The smallest absolute Gasteiger partial charge is 0.442 e. The zero-order valence-electron chi connectivity index (χ0n) is 56.4. The van der Waals surface area contributed by atoms with Crippen molar-refractivity contribution >= 4 is 50.3 Å². The summed E-state index contributed by atoms with van der Waals surface area (Å²) in [5.41, 5.74) is 7.12. The molecule has 5 aliphatic rings. The number of carbonyl (C=O) groups excluding carboxylic acids is 3. The number of hydrogen-bond acceptors (Lipinski definition) is 26. The molecule has 0 bridgehead atoms. The Morgan fingerprint density at radius 1 is 0.699 bits per heavy atom. The molecule has 36 heteroatoms. The molecular weight excluding hydrogens is 1390 g/mol. The zero-order valence-corrected chi connectivity index (χ0v) is 58.2. The number of methoxy groups -OCH3 is 1. The van der Waals surface area contributed by atoms with E-state index in [4.69, 9.17) is 52.2 Å². The number of nitrogen functional groups attached to an aromatic ring is 1. The number of aliphatic hydroxyl groups is 1. The number of phosphoric acid groups is 2. The van der Waals surface area contributed by atoms with Gasteiger partial charge in [0.15, 0.2) is 12.5 Å². The second kappa shape index (κ2) is 32.1. The van der Waals surface area contributed by atoms with E-state index in [9.17, 15) is 57.6 Å². The molecule has 0 radical (unpaired) electrons. The number of likely N-dealkylation sites (N-methyl/N-ethyl adjacent to an activating group) is 1. The van der Waals surface area contributed by atoms with Gasteiger partial charge in [0.05, 0.1) is 56.3 Å². The van der Waals surface area contributed by atoms with Gasteiger partial charge in [0, 0.05) is 101 Å². The Balaban J connectivity index is 0.761. The molecule has 0 spiro atoms. The van der Waals surface area contributed by atoms with E-state index in [1.807, 2.05) is 78.5 Å². The van der Waals surface area contributed by atoms with Crippen LogP contribution in [0.4, 0.5) is 5.82 Å². The number of hydrogen-bond donors (Lipinski definition) is 7. The second-order valence-electron chi connectivity index (χ2n) is 25.4. The molecule has 34 nitrogen and oxygen atoms in total. The van der Waals surface area contributed by atoms with E-state index in [0.29, 0.717) is 66.0 Å². The lowest BCUT2D eigenvalue weighted by atomic mass is 10.0. The quantitative estimate of drug-likeness (QED) is 0.0232. The summed E-state index contributed by atoms with van der Waals surface area (Å²) in [6.45, 7) is 2.39. The Morgan fingerprint density at radius 3 is 1.85 bits per heavy atom. The fraction of sp³-hybridized carbons (Fsp3) is 0.448. The maximum Gasteiger partial charge on any atom is 0.472 e. The number of cyclic esters (lactones) is 2. The predicted octanol–water partition coefficient (Wildman–Crippen LogP) is 3.46. The molecule has 4 unspecified atom stereocenters. The van der Waals surface area contributed by atoms with Crippen LogP contribution in [0.3, 0.4) is 0 Å². The van der Waals surface area contributed by atoms with Crippen molar-refractivity contribution in [2.24, 2.45) is 0 Å². The van der Waals surface area contributed by atoms with Crippen molar-refractivity contribution in [3.8, 4) is 34.1 Å². The summed E-state index contributed by atoms with van der Waals surface area (Å²) in [4.78, 5) is 133. The van der Waals surface area contributed by atoms with Gasteiger partial charge in [-0.2, -0.15) is 0 Å². The maximum absolute atomic E-state index is 14.3. The van der Waals surface area contributed by atoms with Crippen molar-refractivity contribution in [2.75, 3.05) is 79.5 Å². The topological polar surface area (TPSA) is 427 Å². The summed E-state index contributed by atoms with van der Waals surface area (Å²) in [6, 6.07) is 23.8. The van der Waals surface area contributed by atoms with E-state index in [2.05, 4.69) is 42.0 Å². The van der Waals surface area contributed by atoms with Crippen LogP contribution in [0.1, 0.15) is 98.8 Å². The van der Waals surface area contributed by atoms with Crippen LogP contribution < -0.4 is 33.5 Å². The Labute approximate surface area is 587 Å². The minimum atomic E-state index is -5.32. The highest BCUT2D eigenvalue weighted by Crippen LogP contribution is 2.52. The monoisotopic (exact) mass is 1460 g/mol. The van der Waals surface area contributed by atoms with Gasteiger partial charge in [-0.1, -0.05) is 97.6 Å². The van der Waals surface area contributed by atoms with Gasteiger partial charge in [0.1, 0.15) is 72.6 Å². The molecule has 13 atom stereocenters. The van der Waals surface area contributed by atoms with Crippen LogP contribution in [0, 0.1) is 11.8 Å².